The Kier molecular flexibility index (Phi) is 4.68. The van der Waals surface area contributed by atoms with Gasteiger partial charge >= 0.3 is 0 Å². The van der Waals surface area contributed by atoms with Crippen LogP contribution in [0.4, 0.5) is 0 Å². The van der Waals surface area contributed by atoms with Crippen molar-refractivity contribution in [1.82, 2.24) is 5.32 Å². The fraction of sp³-hybridized carbons (Fsp3) is 0.375. The molecule has 108 valence electrons. The molecule has 0 fully saturated rings. The molecule has 4 heteroatoms. The molecule has 0 saturated carbocycles. The molecule has 0 spiro atoms. The highest BCUT2D eigenvalue weighted by Gasteiger charge is 2.19. The van der Waals surface area contributed by atoms with Crippen molar-refractivity contribution in [2.45, 2.75) is 19.9 Å². The molecule has 1 aromatic carbocycles. The van der Waals surface area contributed by atoms with E-state index in [-0.39, 0.29) is 6.04 Å². The summed E-state index contributed by atoms with van der Waals surface area (Å²) in [6, 6.07) is 8.24. The zero-order chi connectivity index (χ0) is 14.7. The average Bonchev–Trinajstić information content (AvgIpc) is 2.79. The number of methoxy groups -OCH3 is 2. The van der Waals surface area contributed by atoms with Gasteiger partial charge in [0.05, 0.1) is 20.3 Å². The van der Waals surface area contributed by atoms with Gasteiger partial charge in [-0.3, -0.25) is 0 Å². The molecule has 0 amide bonds. The second-order valence-corrected chi connectivity index (χ2v) is 6.01. The molecule has 2 aromatic rings. The van der Waals surface area contributed by atoms with Crippen molar-refractivity contribution in [2.75, 3.05) is 21.3 Å². The van der Waals surface area contributed by atoms with E-state index in [4.69, 9.17) is 9.47 Å². The molecule has 1 N–H and O–H groups in total. The van der Waals surface area contributed by atoms with Crippen molar-refractivity contribution in [3.63, 3.8) is 0 Å². The van der Waals surface area contributed by atoms with Crippen molar-refractivity contribution in [3.8, 4) is 11.5 Å². The summed E-state index contributed by atoms with van der Waals surface area (Å²) in [5, 5.41) is 3.38. The fourth-order valence-corrected chi connectivity index (χ4v) is 3.43. The lowest BCUT2D eigenvalue weighted by molar-refractivity contribution is 0.395. The number of hydrogen-bond donors (Lipinski definition) is 1. The maximum atomic E-state index is 5.50. The summed E-state index contributed by atoms with van der Waals surface area (Å²) in [6.07, 6.45) is 0. The normalized spacial score (nSPS) is 12.2. The molecule has 1 atom stereocenters. The molecular formula is C16H21NO2S. The van der Waals surface area contributed by atoms with Crippen molar-refractivity contribution >= 4 is 11.3 Å². The third-order valence-electron chi connectivity index (χ3n) is 3.51. The van der Waals surface area contributed by atoms with Gasteiger partial charge in [0.15, 0.2) is 0 Å². The van der Waals surface area contributed by atoms with Gasteiger partial charge in [0, 0.05) is 15.3 Å². The lowest BCUT2D eigenvalue weighted by Gasteiger charge is -2.19. The molecule has 1 heterocycles. The monoisotopic (exact) mass is 291 g/mol. The quantitative estimate of drug-likeness (QED) is 0.911. The summed E-state index contributed by atoms with van der Waals surface area (Å²) in [4.78, 5) is 2.64. The van der Waals surface area contributed by atoms with E-state index in [2.05, 4.69) is 25.2 Å². The zero-order valence-electron chi connectivity index (χ0n) is 12.6. The second kappa shape index (κ2) is 6.29. The predicted molar refractivity (Wildman–Crippen MR) is 84.2 cm³/mol. The lowest BCUT2D eigenvalue weighted by Crippen LogP contribution is -2.17. The minimum atomic E-state index is 0.109. The van der Waals surface area contributed by atoms with E-state index in [9.17, 15) is 0 Å². The van der Waals surface area contributed by atoms with Crippen LogP contribution < -0.4 is 14.8 Å². The standard InChI is InChI=1S/C16H21NO2S/c1-10-8-15(20-11(10)2)16(17-3)13-9-12(18-4)6-7-14(13)19-5/h6-9,16-17H,1-5H3. The lowest BCUT2D eigenvalue weighted by atomic mass is 10.0. The van der Waals surface area contributed by atoms with Gasteiger partial charge in [0.25, 0.3) is 0 Å². The zero-order valence-corrected chi connectivity index (χ0v) is 13.4. The minimum Gasteiger partial charge on any atom is -0.497 e. The van der Waals surface area contributed by atoms with Gasteiger partial charge in [-0.1, -0.05) is 0 Å². The van der Waals surface area contributed by atoms with E-state index < -0.39 is 0 Å². The van der Waals surface area contributed by atoms with Crippen molar-refractivity contribution in [1.29, 1.82) is 0 Å². The van der Waals surface area contributed by atoms with Crippen LogP contribution in [0, 0.1) is 13.8 Å². The first-order chi connectivity index (χ1) is 9.60. The van der Waals surface area contributed by atoms with Crippen LogP contribution in [0.3, 0.4) is 0 Å². The molecule has 1 aromatic heterocycles. The van der Waals surface area contributed by atoms with Crippen LogP contribution in [0.1, 0.15) is 26.9 Å². The first-order valence-electron chi connectivity index (χ1n) is 6.56. The molecule has 0 saturated heterocycles. The Hall–Kier alpha value is -1.52. The van der Waals surface area contributed by atoms with E-state index >= 15 is 0 Å². The number of hydrogen-bond acceptors (Lipinski definition) is 4. The van der Waals surface area contributed by atoms with Crippen LogP contribution in [0.5, 0.6) is 11.5 Å². The third kappa shape index (κ3) is 2.81. The topological polar surface area (TPSA) is 30.5 Å². The van der Waals surface area contributed by atoms with Gasteiger partial charge in [-0.2, -0.15) is 0 Å². The van der Waals surface area contributed by atoms with Crippen LogP contribution in [0.15, 0.2) is 24.3 Å². The molecule has 0 aliphatic heterocycles. The van der Waals surface area contributed by atoms with E-state index in [1.807, 2.05) is 36.6 Å². The van der Waals surface area contributed by atoms with Crippen LogP contribution in [0.25, 0.3) is 0 Å². The Balaban J connectivity index is 2.50. The smallest absolute Gasteiger partial charge is 0.124 e. The van der Waals surface area contributed by atoms with E-state index in [0.717, 1.165) is 17.1 Å². The summed E-state index contributed by atoms with van der Waals surface area (Å²) in [5.41, 5.74) is 2.42. The predicted octanol–water partition coefficient (Wildman–Crippen LogP) is 3.69. The number of aryl methyl sites for hydroxylation is 2. The average molecular weight is 291 g/mol. The van der Waals surface area contributed by atoms with E-state index in [1.54, 1.807) is 14.2 Å². The van der Waals surface area contributed by atoms with Gasteiger partial charge < -0.3 is 14.8 Å². The first-order valence-corrected chi connectivity index (χ1v) is 7.38. The summed E-state index contributed by atoms with van der Waals surface area (Å²) in [5.74, 6) is 1.71. The van der Waals surface area contributed by atoms with Crippen LogP contribution in [0.2, 0.25) is 0 Å². The van der Waals surface area contributed by atoms with E-state index in [1.165, 1.54) is 15.3 Å². The summed E-state index contributed by atoms with van der Waals surface area (Å²) in [6.45, 7) is 4.30. The Morgan fingerprint density at radius 1 is 1.10 bits per heavy atom. The van der Waals surface area contributed by atoms with Crippen molar-refractivity contribution in [3.05, 3.63) is 45.1 Å². The molecule has 0 aliphatic rings. The fourth-order valence-electron chi connectivity index (χ4n) is 2.26. The largest absolute Gasteiger partial charge is 0.497 e. The minimum absolute atomic E-state index is 0.109. The first kappa shape index (κ1) is 14.9. The van der Waals surface area contributed by atoms with Crippen LogP contribution in [-0.4, -0.2) is 21.3 Å². The van der Waals surface area contributed by atoms with Gasteiger partial charge in [-0.15, -0.1) is 11.3 Å². The number of ether oxygens (including phenoxy) is 2. The summed E-state index contributed by atoms with van der Waals surface area (Å²) >= 11 is 1.82. The molecule has 3 nitrogen and oxygen atoms in total. The van der Waals surface area contributed by atoms with Crippen LogP contribution >= 0.6 is 11.3 Å². The Morgan fingerprint density at radius 2 is 1.85 bits per heavy atom. The molecule has 0 bridgehead atoms. The number of rotatable bonds is 5. The summed E-state index contributed by atoms with van der Waals surface area (Å²) in [7, 11) is 5.34. The Labute approximate surface area is 124 Å². The molecular weight excluding hydrogens is 270 g/mol. The molecule has 1 unspecified atom stereocenters. The van der Waals surface area contributed by atoms with Gasteiger partial charge in [0.2, 0.25) is 0 Å². The van der Waals surface area contributed by atoms with Gasteiger partial charge in [-0.05, 0) is 50.7 Å². The third-order valence-corrected chi connectivity index (χ3v) is 4.72. The van der Waals surface area contributed by atoms with Gasteiger partial charge in [-0.25, -0.2) is 0 Å². The van der Waals surface area contributed by atoms with Crippen molar-refractivity contribution in [2.24, 2.45) is 0 Å². The second-order valence-electron chi connectivity index (χ2n) is 4.72. The van der Waals surface area contributed by atoms with Crippen LogP contribution in [-0.2, 0) is 0 Å². The maximum Gasteiger partial charge on any atom is 0.124 e. The molecule has 2 rings (SSSR count). The number of thiophene rings is 1. The SMILES string of the molecule is CNC(c1cc(C)c(C)s1)c1cc(OC)ccc1OC. The van der Waals surface area contributed by atoms with Gasteiger partial charge in [0.1, 0.15) is 11.5 Å². The molecule has 0 aliphatic carbocycles. The summed E-state index contributed by atoms with van der Waals surface area (Å²) < 4.78 is 10.8. The Bertz CT molecular complexity index is 573. The molecule has 20 heavy (non-hydrogen) atoms. The molecule has 0 radical (unpaired) electrons. The highest BCUT2D eigenvalue weighted by Crippen LogP contribution is 2.36. The number of benzene rings is 1. The number of nitrogens with one attached hydrogen (secondary N) is 1. The van der Waals surface area contributed by atoms with E-state index in [0.29, 0.717) is 0 Å². The van der Waals surface area contributed by atoms with Crippen molar-refractivity contribution < 1.29 is 9.47 Å². The highest BCUT2D eigenvalue weighted by atomic mass is 32.1. The highest BCUT2D eigenvalue weighted by molar-refractivity contribution is 7.12. The maximum absolute atomic E-state index is 5.50. The Morgan fingerprint density at radius 3 is 2.35 bits per heavy atom.